The molecule has 1 unspecified atom stereocenters. The molecule has 0 radical (unpaired) electrons. The molecule has 2 aromatic carbocycles. The van der Waals surface area contributed by atoms with Crippen LogP contribution in [-0.4, -0.2) is 32.2 Å². The molecule has 0 aromatic heterocycles. The van der Waals surface area contributed by atoms with E-state index in [1.165, 1.54) is 17.8 Å². The first-order valence-electron chi connectivity index (χ1n) is 9.08. The van der Waals surface area contributed by atoms with E-state index in [4.69, 9.17) is 11.5 Å². The van der Waals surface area contributed by atoms with Crippen LogP contribution in [0.4, 0.5) is 30.2 Å². The summed E-state index contributed by atoms with van der Waals surface area (Å²) in [6.45, 7) is 2.29. The van der Waals surface area contributed by atoms with Crippen molar-refractivity contribution in [3.05, 3.63) is 42.0 Å². The van der Waals surface area contributed by atoms with Gasteiger partial charge in [0.1, 0.15) is 0 Å². The first kappa shape index (κ1) is 20.8. The van der Waals surface area contributed by atoms with E-state index >= 15 is 0 Å². The van der Waals surface area contributed by atoms with Gasteiger partial charge in [0.15, 0.2) is 0 Å². The number of nitrogens with two attached hydrogens (primary N) is 2. The molecule has 0 spiro atoms. The van der Waals surface area contributed by atoms with Crippen molar-refractivity contribution in [2.45, 2.75) is 28.4 Å². The molecule has 0 bridgehead atoms. The topological polar surface area (TPSA) is 88.1 Å². The fraction of sp³-hybridized carbons (Fsp3) is 0.368. The van der Waals surface area contributed by atoms with Crippen molar-refractivity contribution in [2.75, 3.05) is 36.8 Å². The number of halogens is 3. The van der Waals surface area contributed by atoms with E-state index in [0.717, 1.165) is 16.6 Å². The van der Waals surface area contributed by atoms with Crippen LogP contribution in [0.5, 0.6) is 0 Å². The lowest BCUT2D eigenvalue weighted by molar-refractivity contribution is -0.137. The molecule has 1 atom stereocenters. The summed E-state index contributed by atoms with van der Waals surface area (Å²) in [6.07, 6.45) is -3.79. The Bertz CT molecular complexity index is 813. The maximum absolute atomic E-state index is 13.4. The molecule has 9 heteroatoms. The third-order valence-corrected chi connectivity index (χ3v) is 5.47. The lowest BCUT2D eigenvalue weighted by Gasteiger charge is -2.25. The Balaban J connectivity index is 1.76. The molecular weight excluding hydrogens is 387 g/mol. The van der Waals surface area contributed by atoms with Crippen molar-refractivity contribution in [1.82, 2.24) is 5.32 Å². The van der Waals surface area contributed by atoms with E-state index < -0.39 is 11.7 Å². The van der Waals surface area contributed by atoms with Crippen LogP contribution < -0.4 is 27.4 Å². The van der Waals surface area contributed by atoms with Gasteiger partial charge in [0.05, 0.1) is 22.6 Å². The fourth-order valence-electron chi connectivity index (χ4n) is 2.92. The summed E-state index contributed by atoms with van der Waals surface area (Å²) in [5.41, 5.74) is 12.8. The Kier molecular flexibility index (Phi) is 6.71. The van der Waals surface area contributed by atoms with Gasteiger partial charge in [0.25, 0.3) is 0 Å². The van der Waals surface area contributed by atoms with Crippen LogP contribution in [0.3, 0.4) is 0 Å². The molecule has 1 aliphatic heterocycles. The van der Waals surface area contributed by atoms with Gasteiger partial charge >= 0.3 is 6.18 Å². The van der Waals surface area contributed by atoms with E-state index in [1.54, 1.807) is 0 Å². The van der Waals surface area contributed by atoms with E-state index in [9.17, 15) is 13.2 Å². The molecule has 0 fully saturated rings. The van der Waals surface area contributed by atoms with Crippen LogP contribution in [0, 0.1) is 0 Å². The Hall–Kier alpha value is -1.94. The summed E-state index contributed by atoms with van der Waals surface area (Å²) in [4.78, 5) is 1.44. The number of para-hydroxylation sites is 1. The number of alkyl halides is 3. The SMILES string of the molecule is NCCNCC(N)CCNc1cc(C(F)(F)F)cc2c1Nc1ccccc1S2. The number of nitrogens with one attached hydrogen (secondary N) is 3. The summed E-state index contributed by atoms with van der Waals surface area (Å²) in [5.74, 6) is 0. The summed E-state index contributed by atoms with van der Waals surface area (Å²) in [7, 11) is 0. The molecule has 1 heterocycles. The zero-order valence-electron chi connectivity index (χ0n) is 15.3. The highest BCUT2D eigenvalue weighted by molar-refractivity contribution is 7.99. The zero-order valence-corrected chi connectivity index (χ0v) is 16.1. The van der Waals surface area contributed by atoms with Gasteiger partial charge in [0, 0.05) is 42.0 Å². The van der Waals surface area contributed by atoms with Crippen molar-refractivity contribution in [3.8, 4) is 0 Å². The van der Waals surface area contributed by atoms with Crippen LogP contribution in [0.15, 0.2) is 46.2 Å². The van der Waals surface area contributed by atoms with Gasteiger partial charge in [-0.1, -0.05) is 23.9 Å². The average molecular weight is 411 g/mol. The lowest BCUT2D eigenvalue weighted by atomic mass is 10.1. The molecule has 5 nitrogen and oxygen atoms in total. The van der Waals surface area contributed by atoms with Crippen molar-refractivity contribution in [1.29, 1.82) is 0 Å². The molecule has 2 aromatic rings. The highest BCUT2D eigenvalue weighted by Crippen LogP contribution is 2.49. The van der Waals surface area contributed by atoms with Gasteiger partial charge in [0.2, 0.25) is 0 Å². The molecule has 0 saturated carbocycles. The summed E-state index contributed by atoms with van der Waals surface area (Å²) in [5, 5.41) is 9.52. The fourth-order valence-corrected chi connectivity index (χ4v) is 3.99. The predicted molar refractivity (Wildman–Crippen MR) is 108 cm³/mol. The van der Waals surface area contributed by atoms with Crippen molar-refractivity contribution >= 4 is 28.8 Å². The Labute approximate surface area is 166 Å². The summed E-state index contributed by atoms with van der Waals surface area (Å²) >= 11 is 1.33. The van der Waals surface area contributed by atoms with Crippen LogP contribution >= 0.6 is 11.8 Å². The van der Waals surface area contributed by atoms with Crippen molar-refractivity contribution < 1.29 is 13.2 Å². The molecule has 0 aliphatic carbocycles. The van der Waals surface area contributed by atoms with E-state index in [2.05, 4.69) is 16.0 Å². The minimum atomic E-state index is -4.41. The van der Waals surface area contributed by atoms with Gasteiger partial charge in [-0.3, -0.25) is 0 Å². The van der Waals surface area contributed by atoms with Gasteiger partial charge in [-0.05, 0) is 30.7 Å². The zero-order chi connectivity index (χ0) is 20.1. The van der Waals surface area contributed by atoms with Crippen molar-refractivity contribution in [3.63, 3.8) is 0 Å². The number of hydrogen-bond acceptors (Lipinski definition) is 6. The minimum Gasteiger partial charge on any atom is -0.383 e. The largest absolute Gasteiger partial charge is 0.416 e. The number of hydrogen-bond donors (Lipinski definition) is 5. The third kappa shape index (κ3) is 5.11. The molecular formula is C19H24F3N5S. The molecule has 7 N–H and O–H groups in total. The Morgan fingerprint density at radius 3 is 2.64 bits per heavy atom. The molecule has 28 heavy (non-hydrogen) atoms. The van der Waals surface area contributed by atoms with E-state index in [0.29, 0.717) is 48.9 Å². The van der Waals surface area contributed by atoms with Crippen LogP contribution in [0.1, 0.15) is 12.0 Å². The standard InChI is InChI=1S/C19H24F3N5S/c20-19(21,22)12-9-15(26-7-5-13(24)11-25-8-6-23)18-17(10-12)28-16-4-2-1-3-14(16)27-18/h1-4,9-10,13,25-27H,5-8,11,23-24H2. The molecule has 3 rings (SSSR count). The molecule has 0 saturated heterocycles. The Morgan fingerprint density at radius 1 is 1.11 bits per heavy atom. The minimum absolute atomic E-state index is 0.108. The number of fused-ring (bicyclic) bond motifs is 2. The normalized spacial score (nSPS) is 14.0. The monoisotopic (exact) mass is 411 g/mol. The predicted octanol–water partition coefficient (Wildman–Crippen LogP) is 3.59. The van der Waals surface area contributed by atoms with Crippen molar-refractivity contribution in [2.24, 2.45) is 11.5 Å². The number of benzene rings is 2. The van der Waals surface area contributed by atoms with Gasteiger partial charge < -0.3 is 27.4 Å². The summed E-state index contributed by atoms with van der Waals surface area (Å²) < 4.78 is 40.1. The second kappa shape index (κ2) is 9.04. The maximum atomic E-state index is 13.4. The quantitative estimate of drug-likeness (QED) is 0.364. The number of anilines is 3. The van der Waals surface area contributed by atoms with Gasteiger partial charge in [-0.2, -0.15) is 13.2 Å². The highest BCUT2D eigenvalue weighted by Gasteiger charge is 2.33. The smallest absolute Gasteiger partial charge is 0.383 e. The van der Waals surface area contributed by atoms with Crippen LogP contribution in [0.25, 0.3) is 0 Å². The average Bonchev–Trinajstić information content (AvgIpc) is 2.65. The second-order valence-corrected chi connectivity index (χ2v) is 7.67. The van der Waals surface area contributed by atoms with Gasteiger partial charge in [-0.15, -0.1) is 0 Å². The van der Waals surface area contributed by atoms with Crippen LogP contribution in [0.2, 0.25) is 0 Å². The van der Waals surface area contributed by atoms with Gasteiger partial charge in [-0.25, -0.2) is 0 Å². The lowest BCUT2D eigenvalue weighted by Crippen LogP contribution is -2.37. The summed E-state index contributed by atoms with van der Waals surface area (Å²) in [6, 6.07) is 9.79. The Morgan fingerprint density at radius 2 is 1.89 bits per heavy atom. The van der Waals surface area contributed by atoms with Crippen LogP contribution in [-0.2, 0) is 6.18 Å². The number of rotatable bonds is 8. The highest BCUT2D eigenvalue weighted by atomic mass is 32.2. The van der Waals surface area contributed by atoms with E-state index in [1.807, 2.05) is 24.3 Å². The molecule has 1 aliphatic rings. The molecule has 0 amide bonds. The molecule has 152 valence electrons. The maximum Gasteiger partial charge on any atom is 0.416 e. The third-order valence-electron chi connectivity index (χ3n) is 4.35. The van der Waals surface area contributed by atoms with E-state index in [-0.39, 0.29) is 6.04 Å². The second-order valence-electron chi connectivity index (χ2n) is 6.59. The first-order valence-corrected chi connectivity index (χ1v) is 9.89. The first-order chi connectivity index (χ1) is 13.4.